The largest absolute Gasteiger partial charge is 0.453 e. The summed E-state index contributed by atoms with van der Waals surface area (Å²) in [5.41, 5.74) is 3.46. The van der Waals surface area contributed by atoms with Gasteiger partial charge in [0.1, 0.15) is 5.75 Å². The van der Waals surface area contributed by atoms with Crippen molar-refractivity contribution >= 4 is 38.0 Å². The van der Waals surface area contributed by atoms with Gasteiger partial charge >= 0.3 is 0 Å². The second-order valence-electron chi connectivity index (χ2n) is 7.81. The number of anilines is 1. The number of nitrogens with zero attached hydrogens (tertiary/aromatic N) is 3. The quantitative estimate of drug-likeness (QED) is 0.422. The van der Waals surface area contributed by atoms with Crippen LogP contribution in [0.4, 0.5) is 10.1 Å². The van der Waals surface area contributed by atoms with Gasteiger partial charge in [0, 0.05) is 79.2 Å². The first-order valence-corrected chi connectivity index (χ1v) is 13.0. The van der Waals surface area contributed by atoms with Crippen molar-refractivity contribution in [3.05, 3.63) is 66.2 Å². The topological polar surface area (TPSA) is 67.3 Å². The van der Waals surface area contributed by atoms with Crippen LogP contribution in [0.3, 0.4) is 0 Å². The molecule has 4 heterocycles. The van der Waals surface area contributed by atoms with E-state index in [9.17, 15) is 8.60 Å². The SMILES string of the molecule is CNc1ccc(Oc2ccnc3cc(-c4ccc(CN5CCS(=O)CC5)cn4)sc23)c(F)c1. The first-order valence-electron chi connectivity index (χ1n) is 10.7. The van der Waals surface area contributed by atoms with E-state index < -0.39 is 16.6 Å². The molecule has 0 saturated carbocycles. The second kappa shape index (κ2) is 9.54. The summed E-state index contributed by atoms with van der Waals surface area (Å²) < 4.78 is 32.7. The number of halogens is 1. The summed E-state index contributed by atoms with van der Waals surface area (Å²) in [6.45, 7) is 2.53. The molecule has 1 aliphatic heterocycles. The van der Waals surface area contributed by atoms with Crippen LogP contribution < -0.4 is 10.1 Å². The van der Waals surface area contributed by atoms with Crippen LogP contribution in [0.2, 0.25) is 0 Å². The number of hydrogen-bond donors (Lipinski definition) is 1. The fourth-order valence-electron chi connectivity index (χ4n) is 3.73. The third kappa shape index (κ3) is 4.90. The number of ether oxygens (including phenoxy) is 1. The van der Waals surface area contributed by atoms with Gasteiger partial charge in [0.05, 0.1) is 20.8 Å². The molecule has 0 bridgehead atoms. The highest BCUT2D eigenvalue weighted by Crippen LogP contribution is 2.39. The molecule has 33 heavy (non-hydrogen) atoms. The number of pyridine rings is 2. The second-order valence-corrected chi connectivity index (χ2v) is 10.6. The maximum absolute atomic E-state index is 14.4. The number of nitrogens with one attached hydrogen (secondary N) is 1. The standard InChI is InChI=1S/C24H23FN4O2S2/c1-26-17-3-5-21(18(25)12-17)31-22-6-7-27-20-13-23(32-24(20)22)19-4-2-16(14-28-19)15-29-8-10-33(30)11-9-29/h2-7,12-14,26H,8-11,15H2,1H3. The molecule has 1 N–H and O–H groups in total. The zero-order chi connectivity index (χ0) is 22.8. The number of thiophene rings is 1. The highest BCUT2D eigenvalue weighted by molar-refractivity contribution is 7.85. The van der Waals surface area contributed by atoms with E-state index in [4.69, 9.17) is 4.74 Å². The van der Waals surface area contributed by atoms with Crippen LogP contribution in [0.1, 0.15) is 5.56 Å². The molecule has 1 aromatic carbocycles. The maximum atomic E-state index is 14.4. The van der Waals surface area contributed by atoms with Gasteiger partial charge in [-0.1, -0.05) is 6.07 Å². The van der Waals surface area contributed by atoms with Gasteiger partial charge < -0.3 is 10.1 Å². The lowest BCUT2D eigenvalue weighted by molar-refractivity contribution is 0.291. The van der Waals surface area contributed by atoms with Crippen molar-refractivity contribution in [2.75, 3.05) is 37.0 Å². The molecule has 9 heteroatoms. The molecular formula is C24H23FN4O2S2. The van der Waals surface area contributed by atoms with Gasteiger partial charge in [0.2, 0.25) is 0 Å². The van der Waals surface area contributed by atoms with Gasteiger partial charge in [0.15, 0.2) is 11.6 Å². The highest BCUT2D eigenvalue weighted by atomic mass is 32.2. The van der Waals surface area contributed by atoms with Crippen molar-refractivity contribution in [2.24, 2.45) is 0 Å². The van der Waals surface area contributed by atoms with Crippen LogP contribution in [-0.4, -0.2) is 50.7 Å². The van der Waals surface area contributed by atoms with Crippen molar-refractivity contribution in [3.8, 4) is 22.1 Å². The molecule has 1 saturated heterocycles. The van der Waals surface area contributed by atoms with E-state index in [1.807, 2.05) is 18.3 Å². The van der Waals surface area contributed by atoms with Gasteiger partial charge in [-0.2, -0.15) is 0 Å². The Hall–Kier alpha value is -2.88. The van der Waals surface area contributed by atoms with E-state index in [1.54, 1.807) is 31.4 Å². The third-order valence-electron chi connectivity index (χ3n) is 5.57. The Labute approximate surface area is 197 Å². The van der Waals surface area contributed by atoms with E-state index in [-0.39, 0.29) is 5.75 Å². The molecule has 0 aliphatic carbocycles. The number of aromatic nitrogens is 2. The van der Waals surface area contributed by atoms with E-state index in [2.05, 4.69) is 26.3 Å². The van der Waals surface area contributed by atoms with Gasteiger partial charge in [0.25, 0.3) is 0 Å². The lowest BCUT2D eigenvalue weighted by Gasteiger charge is -2.25. The molecule has 0 spiro atoms. The van der Waals surface area contributed by atoms with Gasteiger partial charge in [-0.15, -0.1) is 11.3 Å². The predicted octanol–water partition coefficient (Wildman–Crippen LogP) is 4.90. The Morgan fingerprint density at radius 3 is 2.70 bits per heavy atom. The van der Waals surface area contributed by atoms with Crippen molar-refractivity contribution in [2.45, 2.75) is 6.54 Å². The molecule has 6 nitrogen and oxygen atoms in total. The number of hydrogen-bond acceptors (Lipinski definition) is 7. The van der Waals surface area contributed by atoms with E-state index >= 15 is 0 Å². The summed E-state index contributed by atoms with van der Waals surface area (Å²) in [6, 6.07) is 12.6. The van der Waals surface area contributed by atoms with Crippen molar-refractivity contribution in [3.63, 3.8) is 0 Å². The Morgan fingerprint density at radius 2 is 1.97 bits per heavy atom. The zero-order valence-electron chi connectivity index (χ0n) is 18.1. The molecule has 0 unspecified atom stereocenters. The number of fused-ring (bicyclic) bond motifs is 1. The molecule has 3 aromatic heterocycles. The summed E-state index contributed by atoms with van der Waals surface area (Å²) in [5.74, 6) is 1.79. The van der Waals surface area contributed by atoms with E-state index in [0.717, 1.165) is 57.5 Å². The van der Waals surface area contributed by atoms with Crippen LogP contribution in [0.15, 0.2) is 54.9 Å². The smallest absolute Gasteiger partial charge is 0.167 e. The predicted molar refractivity (Wildman–Crippen MR) is 132 cm³/mol. The third-order valence-corrected chi connectivity index (χ3v) is 8.01. The van der Waals surface area contributed by atoms with Gasteiger partial charge in [-0.25, -0.2) is 4.39 Å². The highest BCUT2D eigenvalue weighted by Gasteiger charge is 2.16. The van der Waals surface area contributed by atoms with Gasteiger partial charge in [-0.3, -0.25) is 19.1 Å². The molecule has 0 amide bonds. The van der Waals surface area contributed by atoms with Crippen LogP contribution in [-0.2, 0) is 17.3 Å². The summed E-state index contributed by atoms with van der Waals surface area (Å²) in [4.78, 5) is 12.4. The molecule has 1 fully saturated rings. The fourth-order valence-corrected chi connectivity index (χ4v) is 5.90. The summed E-state index contributed by atoms with van der Waals surface area (Å²) in [5, 5.41) is 2.91. The minimum atomic E-state index is -0.669. The van der Waals surface area contributed by atoms with Crippen LogP contribution >= 0.6 is 11.3 Å². The normalized spacial score (nSPS) is 15.1. The Bertz CT molecular complexity index is 1300. The fraction of sp³-hybridized carbons (Fsp3) is 0.250. The summed E-state index contributed by atoms with van der Waals surface area (Å²) >= 11 is 1.52. The van der Waals surface area contributed by atoms with Crippen molar-refractivity contribution in [1.29, 1.82) is 0 Å². The maximum Gasteiger partial charge on any atom is 0.167 e. The van der Waals surface area contributed by atoms with Crippen LogP contribution in [0.5, 0.6) is 11.5 Å². The Balaban J connectivity index is 1.36. The minimum Gasteiger partial charge on any atom is -0.453 e. The van der Waals surface area contributed by atoms with Crippen LogP contribution in [0.25, 0.3) is 20.8 Å². The molecule has 1 aliphatic rings. The summed E-state index contributed by atoms with van der Waals surface area (Å²) in [6.07, 6.45) is 3.56. The first kappa shape index (κ1) is 21.9. The van der Waals surface area contributed by atoms with E-state index in [1.165, 1.54) is 17.4 Å². The molecule has 4 aromatic rings. The molecular weight excluding hydrogens is 459 g/mol. The zero-order valence-corrected chi connectivity index (χ0v) is 19.7. The lowest BCUT2D eigenvalue weighted by atomic mass is 10.2. The van der Waals surface area contributed by atoms with Crippen molar-refractivity contribution in [1.82, 2.24) is 14.9 Å². The number of rotatable bonds is 6. The van der Waals surface area contributed by atoms with Gasteiger partial charge in [-0.05, 0) is 29.8 Å². The molecule has 170 valence electrons. The lowest BCUT2D eigenvalue weighted by Crippen LogP contribution is -2.37. The van der Waals surface area contributed by atoms with E-state index in [0.29, 0.717) is 11.4 Å². The average Bonchev–Trinajstić information content (AvgIpc) is 3.28. The average molecular weight is 483 g/mol. The Kier molecular flexibility index (Phi) is 6.34. The molecule has 5 rings (SSSR count). The first-order chi connectivity index (χ1) is 16.1. The molecule has 0 atom stereocenters. The van der Waals surface area contributed by atoms with Crippen molar-refractivity contribution < 1.29 is 13.3 Å². The Morgan fingerprint density at radius 1 is 1.12 bits per heavy atom. The molecule has 0 radical (unpaired) electrons. The van der Waals surface area contributed by atoms with Crippen LogP contribution in [0, 0.1) is 5.82 Å². The monoisotopic (exact) mass is 482 g/mol. The summed E-state index contributed by atoms with van der Waals surface area (Å²) in [7, 11) is 1.07. The number of benzene rings is 1. The minimum absolute atomic E-state index is 0.167.